The Bertz CT molecular complexity index is 962. The SMILES string of the molecule is Cc1cc(C)cc(NC(=O)c2cnc(N3CCN(c4ccccn4)CC3)nc2)c1. The molecule has 29 heavy (non-hydrogen) atoms. The van der Waals surface area contributed by atoms with E-state index in [9.17, 15) is 4.79 Å². The number of aryl methyl sites for hydroxylation is 2. The van der Waals surface area contributed by atoms with E-state index < -0.39 is 0 Å². The maximum Gasteiger partial charge on any atom is 0.258 e. The van der Waals surface area contributed by atoms with Crippen molar-refractivity contribution in [1.29, 1.82) is 0 Å². The van der Waals surface area contributed by atoms with E-state index in [0.717, 1.165) is 48.8 Å². The molecule has 1 aliphatic rings. The van der Waals surface area contributed by atoms with Crippen LogP contribution in [0, 0.1) is 13.8 Å². The van der Waals surface area contributed by atoms with Gasteiger partial charge in [-0.25, -0.2) is 15.0 Å². The molecule has 7 nitrogen and oxygen atoms in total. The van der Waals surface area contributed by atoms with E-state index in [1.807, 2.05) is 50.4 Å². The second-order valence-corrected chi connectivity index (χ2v) is 7.26. The number of aromatic nitrogens is 3. The third-order valence-electron chi connectivity index (χ3n) is 4.92. The van der Waals surface area contributed by atoms with Crippen molar-refractivity contribution >= 4 is 23.4 Å². The highest BCUT2D eigenvalue weighted by molar-refractivity contribution is 6.04. The van der Waals surface area contributed by atoms with Crippen LogP contribution in [0.1, 0.15) is 21.5 Å². The van der Waals surface area contributed by atoms with Crippen molar-refractivity contribution in [3.05, 3.63) is 71.7 Å². The summed E-state index contributed by atoms with van der Waals surface area (Å²) in [6, 6.07) is 11.9. The summed E-state index contributed by atoms with van der Waals surface area (Å²) < 4.78 is 0. The van der Waals surface area contributed by atoms with Crippen LogP contribution >= 0.6 is 0 Å². The lowest BCUT2D eigenvalue weighted by atomic mass is 10.1. The molecule has 7 heteroatoms. The predicted octanol–water partition coefficient (Wildman–Crippen LogP) is 3.07. The highest BCUT2D eigenvalue weighted by Gasteiger charge is 2.20. The lowest BCUT2D eigenvalue weighted by Gasteiger charge is -2.35. The minimum Gasteiger partial charge on any atom is -0.353 e. The first kappa shape index (κ1) is 18.9. The number of nitrogens with zero attached hydrogens (tertiary/aromatic N) is 5. The predicted molar refractivity (Wildman–Crippen MR) is 115 cm³/mol. The van der Waals surface area contributed by atoms with E-state index in [-0.39, 0.29) is 5.91 Å². The monoisotopic (exact) mass is 388 g/mol. The molecule has 1 N–H and O–H groups in total. The Balaban J connectivity index is 1.37. The van der Waals surface area contributed by atoms with Crippen LogP contribution in [-0.2, 0) is 0 Å². The summed E-state index contributed by atoms with van der Waals surface area (Å²) in [6.45, 7) is 7.35. The zero-order chi connectivity index (χ0) is 20.2. The van der Waals surface area contributed by atoms with Gasteiger partial charge in [-0.1, -0.05) is 12.1 Å². The van der Waals surface area contributed by atoms with E-state index in [1.165, 1.54) is 0 Å². The van der Waals surface area contributed by atoms with Gasteiger partial charge in [-0.3, -0.25) is 4.79 Å². The topological polar surface area (TPSA) is 74.2 Å². The zero-order valence-electron chi connectivity index (χ0n) is 16.7. The fourth-order valence-corrected chi connectivity index (χ4v) is 3.53. The highest BCUT2D eigenvalue weighted by Crippen LogP contribution is 2.17. The molecule has 0 spiro atoms. The summed E-state index contributed by atoms with van der Waals surface area (Å²) in [6.07, 6.45) is 4.99. The van der Waals surface area contributed by atoms with Gasteiger partial charge in [0.15, 0.2) is 0 Å². The van der Waals surface area contributed by atoms with Crippen LogP contribution in [-0.4, -0.2) is 47.0 Å². The molecule has 0 unspecified atom stereocenters. The lowest BCUT2D eigenvalue weighted by Crippen LogP contribution is -2.47. The van der Waals surface area contributed by atoms with Gasteiger partial charge in [-0.2, -0.15) is 0 Å². The number of hydrogen-bond donors (Lipinski definition) is 1. The van der Waals surface area contributed by atoms with Gasteiger partial charge in [0.1, 0.15) is 5.82 Å². The summed E-state index contributed by atoms with van der Waals surface area (Å²) in [4.78, 5) is 30.1. The molecule has 0 bridgehead atoms. The number of nitrogens with one attached hydrogen (secondary N) is 1. The van der Waals surface area contributed by atoms with Gasteiger partial charge in [-0.15, -0.1) is 0 Å². The van der Waals surface area contributed by atoms with Gasteiger partial charge in [0.05, 0.1) is 5.56 Å². The van der Waals surface area contributed by atoms with E-state index in [1.54, 1.807) is 12.4 Å². The van der Waals surface area contributed by atoms with Gasteiger partial charge in [0, 0.05) is 50.5 Å². The number of piperazine rings is 1. The van der Waals surface area contributed by atoms with E-state index in [4.69, 9.17) is 0 Å². The minimum atomic E-state index is -0.207. The Morgan fingerprint density at radius 3 is 2.17 bits per heavy atom. The highest BCUT2D eigenvalue weighted by atomic mass is 16.1. The molecule has 0 radical (unpaired) electrons. The molecule has 0 saturated carbocycles. The Labute approximate surface area is 170 Å². The van der Waals surface area contributed by atoms with Gasteiger partial charge < -0.3 is 15.1 Å². The molecular formula is C22H24N6O. The third kappa shape index (κ3) is 4.51. The smallest absolute Gasteiger partial charge is 0.258 e. The molecule has 1 amide bonds. The van der Waals surface area contributed by atoms with Crippen LogP contribution in [0.2, 0.25) is 0 Å². The van der Waals surface area contributed by atoms with Crippen LogP contribution in [0.15, 0.2) is 55.0 Å². The fraction of sp³-hybridized carbons (Fsp3) is 0.273. The Hall–Kier alpha value is -3.48. The Kier molecular flexibility index (Phi) is 5.37. The standard InChI is InChI=1S/C22H24N6O/c1-16-11-17(2)13-19(12-16)26-21(29)18-14-24-22(25-15-18)28-9-7-27(8-10-28)20-5-3-4-6-23-20/h3-6,11-15H,7-10H2,1-2H3,(H,26,29). The molecule has 148 valence electrons. The van der Waals surface area contributed by atoms with E-state index in [2.05, 4.69) is 36.1 Å². The molecular weight excluding hydrogens is 364 g/mol. The first-order valence-corrected chi connectivity index (χ1v) is 9.71. The molecule has 1 aromatic carbocycles. The van der Waals surface area contributed by atoms with Crippen molar-refractivity contribution in [3.8, 4) is 0 Å². The molecule has 1 fully saturated rings. The first-order chi connectivity index (χ1) is 14.1. The Morgan fingerprint density at radius 2 is 1.55 bits per heavy atom. The van der Waals surface area contributed by atoms with Crippen LogP contribution in [0.25, 0.3) is 0 Å². The number of carbonyl (C=O) groups is 1. The number of pyridine rings is 1. The fourth-order valence-electron chi connectivity index (χ4n) is 3.53. The molecule has 4 rings (SSSR count). The van der Waals surface area contributed by atoms with Crippen LogP contribution in [0.3, 0.4) is 0 Å². The van der Waals surface area contributed by atoms with E-state index in [0.29, 0.717) is 11.5 Å². The van der Waals surface area contributed by atoms with Gasteiger partial charge >= 0.3 is 0 Å². The van der Waals surface area contributed by atoms with Crippen molar-refractivity contribution in [2.45, 2.75) is 13.8 Å². The van der Waals surface area contributed by atoms with E-state index >= 15 is 0 Å². The van der Waals surface area contributed by atoms with Gasteiger partial charge in [0.2, 0.25) is 5.95 Å². The van der Waals surface area contributed by atoms with Crippen molar-refractivity contribution in [3.63, 3.8) is 0 Å². The second kappa shape index (κ2) is 8.26. The van der Waals surface area contributed by atoms with Crippen molar-refractivity contribution in [1.82, 2.24) is 15.0 Å². The molecule has 3 heterocycles. The average molecular weight is 388 g/mol. The normalized spacial score (nSPS) is 14.0. The zero-order valence-corrected chi connectivity index (χ0v) is 16.7. The van der Waals surface area contributed by atoms with Crippen molar-refractivity contribution in [2.24, 2.45) is 0 Å². The molecule has 3 aromatic rings. The lowest BCUT2D eigenvalue weighted by molar-refractivity contribution is 0.102. The number of hydrogen-bond acceptors (Lipinski definition) is 6. The number of amides is 1. The third-order valence-corrected chi connectivity index (χ3v) is 4.92. The number of carbonyl (C=O) groups excluding carboxylic acids is 1. The molecule has 1 saturated heterocycles. The number of rotatable bonds is 4. The summed E-state index contributed by atoms with van der Waals surface area (Å²) in [5.41, 5.74) is 3.44. The maximum absolute atomic E-state index is 12.5. The quantitative estimate of drug-likeness (QED) is 0.740. The molecule has 1 aliphatic heterocycles. The van der Waals surface area contributed by atoms with Crippen LogP contribution < -0.4 is 15.1 Å². The second-order valence-electron chi connectivity index (χ2n) is 7.26. The molecule has 0 aliphatic carbocycles. The van der Waals surface area contributed by atoms with Crippen molar-refractivity contribution in [2.75, 3.05) is 41.3 Å². The maximum atomic E-state index is 12.5. The largest absolute Gasteiger partial charge is 0.353 e. The summed E-state index contributed by atoms with van der Waals surface area (Å²) >= 11 is 0. The summed E-state index contributed by atoms with van der Waals surface area (Å²) in [5, 5.41) is 2.92. The van der Waals surface area contributed by atoms with Gasteiger partial charge in [-0.05, 0) is 49.2 Å². The molecule has 0 atom stereocenters. The van der Waals surface area contributed by atoms with Crippen LogP contribution in [0.5, 0.6) is 0 Å². The first-order valence-electron chi connectivity index (χ1n) is 9.71. The molecule has 2 aromatic heterocycles. The van der Waals surface area contributed by atoms with Crippen molar-refractivity contribution < 1.29 is 4.79 Å². The summed E-state index contributed by atoms with van der Waals surface area (Å²) in [7, 11) is 0. The number of anilines is 3. The minimum absolute atomic E-state index is 0.207. The average Bonchev–Trinajstić information content (AvgIpc) is 2.74. The number of benzene rings is 1. The summed E-state index contributed by atoms with van der Waals surface area (Å²) in [5.74, 6) is 1.43. The Morgan fingerprint density at radius 1 is 0.897 bits per heavy atom. The van der Waals surface area contributed by atoms with Gasteiger partial charge in [0.25, 0.3) is 5.91 Å². The van der Waals surface area contributed by atoms with Crippen LogP contribution in [0.4, 0.5) is 17.5 Å².